The van der Waals surface area contributed by atoms with Crippen molar-refractivity contribution in [2.24, 2.45) is 0 Å². The number of carbonyl (C=O) groups excluding carboxylic acids is 1. The molecule has 0 radical (unpaired) electrons. The van der Waals surface area contributed by atoms with Crippen LogP contribution in [-0.2, 0) is 11.3 Å². The first-order valence-electron chi connectivity index (χ1n) is 8.80. The van der Waals surface area contributed by atoms with Gasteiger partial charge in [0.25, 0.3) is 5.91 Å². The average molecular weight is 339 g/mol. The number of ether oxygens (including phenoxy) is 1. The lowest BCUT2D eigenvalue weighted by atomic mass is 10.1. The van der Waals surface area contributed by atoms with Gasteiger partial charge >= 0.3 is 0 Å². The Morgan fingerprint density at radius 3 is 2.88 bits per heavy atom. The van der Waals surface area contributed by atoms with Gasteiger partial charge in [-0.2, -0.15) is 0 Å². The third-order valence-electron chi connectivity index (χ3n) is 4.34. The van der Waals surface area contributed by atoms with Gasteiger partial charge in [0, 0.05) is 37.4 Å². The van der Waals surface area contributed by atoms with Gasteiger partial charge in [0.2, 0.25) is 0 Å². The number of carbonyl (C=O) groups is 1. The Balaban J connectivity index is 1.43. The largest absolute Gasteiger partial charge is 0.375 e. The molecular weight excluding hydrogens is 314 g/mol. The number of pyridine rings is 1. The molecule has 1 aromatic heterocycles. The van der Waals surface area contributed by atoms with Gasteiger partial charge < -0.3 is 10.1 Å². The molecule has 0 spiro atoms. The minimum Gasteiger partial charge on any atom is -0.375 e. The van der Waals surface area contributed by atoms with E-state index in [9.17, 15) is 4.79 Å². The van der Waals surface area contributed by atoms with Crippen LogP contribution in [0.4, 0.5) is 0 Å². The maximum Gasteiger partial charge on any atom is 0.251 e. The Morgan fingerprint density at radius 1 is 1.24 bits per heavy atom. The first kappa shape index (κ1) is 17.6. The number of amides is 1. The van der Waals surface area contributed by atoms with Crippen LogP contribution < -0.4 is 5.32 Å². The van der Waals surface area contributed by atoms with E-state index in [0.717, 1.165) is 44.0 Å². The summed E-state index contributed by atoms with van der Waals surface area (Å²) in [5, 5.41) is 2.97. The summed E-state index contributed by atoms with van der Waals surface area (Å²) in [5.41, 5.74) is 2.84. The van der Waals surface area contributed by atoms with Crippen molar-refractivity contribution in [2.45, 2.75) is 26.0 Å². The van der Waals surface area contributed by atoms with Crippen molar-refractivity contribution in [2.75, 3.05) is 26.2 Å². The second kappa shape index (κ2) is 8.74. The van der Waals surface area contributed by atoms with Gasteiger partial charge in [0.15, 0.2) is 0 Å². The Hall–Kier alpha value is -2.24. The fourth-order valence-corrected chi connectivity index (χ4v) is 3.05. The summed E-state index contributed by atoms with van der Waals surface area (Å²) in [6.07, 6.45) is 0.964. The van der Waals surface area contributed by atoms with Gasteiger partial charge in [-0.1, -0.05) is 24.3 Å². The van der Waals surface area contributed by atoms with Gasteiger partial charge in [-0.15, -0.1) is 0 Å². The van der Waals surface area contributed by atoms with Gasteiger partial charge in [0.1, 0.15) is 0 Å². The van der Waals surface area contributed by atoms with Crippen molar-refractivity contribution in [1.82, 2.24) is 15.2 Å². The first-order valence-corrected chi connectivity index (χ1v) is 8.80. The molecule has 1 aliphatic rings. The zero-order valence-corrected chi connectivity index (χ0v) is 14.6. The molecule has 1 aliphatic heterocycles. The number of rotatable bonds is 6. The summed E-state index contributed by atoms with van der Waals surface area (Å²) in [5.74, 6) is -0.0303. The van der Waals surface area contributed by atoms with E-state index in [2.05, 4.69) is 27.3 Å². The Bertz CT molecular complexity index is 690. The summed E-state index contributed by atoms with van der Waals surface area (Å²) in [6.45, 7) is 6.00. The number of hydrogen-bond acceptors (Lipinski definition) is 4. The van der Waals surface area contributed by atoms with E-state index in [1.165, 1.54) is 0 Å². The molecule has 2 aromatic rings. The van der Waals surface area contributed by atoms with Crippen molar-refractivity contribution in [3.8, 4) is 0 Å². The van der Waals surface area contributed by atoms with Gasteiger partial charge in [-0.3, -0.25) is 14.7 Å². The average Bonchev–Trinajstić information content (AvgIpc) is 2.63. The van der Waals surface area contributed by atoms with Crippen LogP contribution in [0.1, 0.15) is 28.2 Å². The minimum atomic E-state index is -0.0303. The molecule has 1 atom stereocenters. The highest BCUT2D eigenvalue weighted by atomic mass is 16.5. The van der Waals surface area contributed by atoms with Crippen LogP contribution in [0.25, 0.3) is 0 Å². The molecule has 0 saturated carbocycles. The number of benzene rings is 1. The van der Waals surface area contributed by atoms with E-state index in [1.807, 2.05) is 43.3 Å². The second-order valence-corrected chi connectivity index (χ2v) is 6.41. The molecule has 3 rings (SSSR count). The van der Waals surface area contributed by atoms with Crippen LogP contribution in [0.5, 0.6) is 0 Å². The van der Waals surface area contributed by atoms with Gasteiger partial charge in [-0.05, 0) is 37.6 Å². The highest BCUT2D eigenvalue weighted by Gasteiger charge is 2.20. The first-order chi connectivity index (χ1) is 12.2. The third kappa shape index (κ3) is 5.37. The summed E-state index contributed by atoms with van der Waals surface area (Å²) in [6, 6.07) is 15.4. The standard InChI is InChI=1S/C20H25N3O2/c1-16-6-5-9-18(22-16)14-23-12-13-25-19(15-23)10-11-21-20(24)17-7-3-2-4-8-17/h2-9,19H,10-15H2,1H3,(H,21,24)/t19-/m1/s1. The minimum absolute atomic E-state index is 0.0303. The van der Waals surface area contributed by atoms with E-state index in [0.29, 0.717) is 12.1 Å². The van der Waals surface area contributed by atoms with Crippen molar-refractivity contribution < 1.29 is 9.53 Å². The Kier molecular flexibility index (Phi) is 6.14. The van der Waals surface area contributed by atoms with Crippen LogP contribution in [0, 0.1) is 6.92 Å². The molecular formula is C20H25N3O2. The summed E-state index contributed by atoms with van der Waals surface area (Å²) >= 11 is 0. The summed E-state index contributed by atoms with van der Waals surface area (Å²) < 4.78 is 5.84. The van der Waals surface area contributed by atoms with E-state index in [-0.39, 0.29) is 12.0 Å². The number of morpholine rings is 1. The molecule has 25 heavy (non-hydrogen) atoms. The quantitative estimate of drug-likeness (QED) is 0.878. The van der Waals surface area contributed by atoms with Crippen molar-refractivity contribution in [3.63, 3.8) is 0 Å². The predicted octanol–water partition coefficient (Wildman–Crippen LogP) is 2.41. The monoisotopic (exact) mass is 339 g/mol. The normalized spacial score (nSPS) is 18.0. The van der Waals surface area contributed by atoms with Crippen LogP contribution in [0.15, 0.2) is 48.5 Å². The molecule has 5 heteroatoms. The van der Waals surface area contributed by atoms with Crippen LogP contribution in [0.3, 0.4) is 0 Å². The lowest BCUT2D eigenvalue weighted by molar-refractivity contribution is -0.0345. The predicted molar refractivity (Wildman–Crippen MR) is 97.4 cm³/mol. The SMILES string of the molecule is Cc1cccc(CN2CCO[C@H](CCNC(=O)c3ccccc3)C2)n1. The molecule has 5 nitrogen and oxygen atoms in total. The van der Waals surface area contributed by atoms with Crippen molar-refractivity contribution in [3.05, 3.63) is 65.5 Å². The smallest absolute Gasteiger partial charge is 0.251 e. The zero-order chi connectivity index (χ0) is 17.5. The molecule has 2 heterocycles. The van der Waals surface area contributed by atoms with Crippen molar-refractivity contribution in [1.29, 1.82) is 0 Å². The third-order valence-corrected chi connectivity index (χ3v) is 4.34. The maximum atomic E-state index is 12.1. The molecule has 1 N–H and O–H groups in total. The van der Waals surface area contributed by atoms with Crippen LogP contribution in [-0.4, -0.2) is 48.1 Å². The summed E-state index contributed by atoms with van der Waals surface area (Å²) in [7, 11) is 0. The maximum absolute atomic E-state index is 12.1. The Labute approximate surface area is 149 Å². The molecule has 1 amide bonds. The van der Waals surface area contributed by atoms with Gasteiger partial charge in [0.05, 0.1) is 18.4 Å². The highest BCUT2D eigenvalue weighted by molar-refractivity contribution is 5.94. The van der Waals surface area contributed by atoms with E-state index in [4.69, 9.17) is 4.74 Å². The van der Waals surface area contributed by atoms with Gasteiger partial charge in [-0.25, -0.2) is 0 Å². The van der Waals surface area contributed by atoms with E-state index < -0.39 is 0 Å². The zero-order valence-electron chi connectivity index (χ0n) is 14.6. The Morgan fingerprint density at radius 2 is 2.08 bits per heavy atom. The molecule has 0 aliphatic carbocycles. The number of aryl methyl sites for hydroxylation is 1. The van der Waals surface area contributed by atoms with E-state index >= 15 is 0 Å². The molecule has 0 unspecified atom stereocenters. The second-order valence-electron chi connectivity index (χ2n) is 6.41. The molecule has 1 saturated heterocycles. The molecule has 1 aromatic carbocycles. The number of nitrogens with zero attached hydrogens (tertiary/aromatic N) is 2. The van der Waals surface area contributed by atoms with Crippen LogP contribution in [0.2, 0.25) is 0 Å². The highest BCUT2D eigenvalue weighted by Crippen LogP contribution is 2.12. The lowest BCUT2D eigenvalue weighted by Gasteiger charge is -2.32. The fourth-order valence-electron chi connectivity index (χ4n) is 3.05. The van der Waals surface area contributed by atoms with Crippen LogP contribution >= 0.6 is 0 Å². The summed E-state index contributed by atoms with van der Waals surface area (Å²) in [4.78, 5) is 19.0. The topological polar surface area (TPSA) is 54.5 Å². The number of nitrogens with one attached hydrogen (secondary N) is 1. The fraction of sp³-hybridized carbons (Fsp3) is 0.400. The molecule has 1 fully saturated rings. The lowest BCUT2D eigenvalue weighted by Crippen LogP contribution is -2.43. The number of aromatic nitrogens is 1. The van der Waals surface area contributed by atoms with Crippen molar-refractivity contribution >= 4 is 5.91 Å². The molecule has 132 valence electrons. The van der Waals surface area contributed by atoms with E-state index in [1.54, 1.807) is 0 Å². The number of hydrogen-bond donors (Lipinski definition) is 1. The molecule has 0 bridgehead atoms.